The number of benzene rings is 1. The molecule has 1 saturated carbocycles. The largest absolute Gasteiger partial charge is 0.399 e. The van der Waals surface area contributed by atoms with E-state index in [-0.39, 0.29) is 11.0 Å². The van der Waals surface area contributed by atoms with Gasteiger partial charge in [-0.1, -0.05) is 0 Å². The summed E-state index contributed by atoms with van der Waals surface area (Å²) in [5.74, 6) is 0. The Hall–Kier alpha value is -1.31. The van der Waals surface area contributed by atoms with E-state index in [4.69, 9.17) is 15.6 Å². The van der Waals surface area contributed by atoms with Crippen molar-refractivity contribution in [3.05, 3.63) is 17.7 Å². The molecule has 6 nitrogen and oxygen atoms in total. The van der Waals surface area contributed by atoms with Crippen LogP contribution in [0.1, 0.15) is 24.8 Å². The SMILES string of the molecule is Cc1c(N2CCOC3CCCC32)cc(N)cc1S(N)(=O)=O. The molecule has 2 aliphatic rings. The maximum atomic E-state index is 11.7. The second-order valence-electron chi connectivity index (χ2n) is 5.81. The van der Waals surface area contributed by atoms with Crippen molar-refractivity contribution in [1.29, 1.82) is 0 Å². The molecule has 1 aliphatic heterocycles. The van der Waals surface area contributed by atoms with Crippen LogP contribution in [0.25, 0.3) is 0 Å². The highest BCUT2D eigenvalue weighted by atomic mass is 32.2. The van der Waals surface area contributed by atoms with E-state index in [1.807, 2.05) is 6.07 Å². The number of ether oxygens (including phenoxy) is 1. The molecule has 2 fully saturated rings. The quantitative estimate of drug-likeness (QED) is 0.793. The lowest BCUT2D eigenvalue weighted by Gasteiger charge is -2.40. The summed E-state index contributed by atoms with van der Waals surface area (Å²) in [6.07, 6.45) is 3.49. The Morgan fingerprint density at radius 1 is 1.33 bits per heavy atom. The first-order valence-electron chi connectivity index (χ1n) is 7.19. The monoisotopic (exact) mass is 311 g/mol. The van der Waals surface area contributed by atoms with E-state index in [1.54, 1.807) is 6.92 Å². The Labute approximate surface area is 125 Å². The molecular formula is C14H21N3O3S. The molecule has 1 aromatic carbocycles. The number of hydrogen-bond acceptors (Lipinski definition) is 5. The fraction of sp³-hybridized carbons (Fsp3) is 0.571. The number of hydrogen-bond donors (Lipinski definition) is 2. The third kappa shape index (κ3) is 2.61. The Morgan fingerprint density at radius 3 is 2.81 bits per heavy atom. The van der Waals surface area contributed by atoms with Gasteiger partial charge in [-0.15, -0.1) is 0 Å². The minimum absolute atomic E-state index is 0.110. The normalized spacial score (nSPS) is 25.9. The standard InChI is InChI=1S/C14H21N3O3S/c1-9-12(7-10(15)8-14(9)21(16,18)19)17-5-6-20-13-4-2-3-11(13)17/h7-8,11,13H,2-6,15H2,1H3,(H2,16,18,19). The summed E-state index contributed by atoms with van der Waals surface area (Å²) in [5, 5.41) is 5.31. The summed E-state index contributed by atoms with van der Waals surface area (Å²) in [4.78, 5) is 2.35. The molecule has 21 heavy (non-hydrogen) atoms. The van der Waals surface area contributed by atoms with E-state index in [0.29, 0.717) is 23.9 Å². The van der Waals surface area contributed by atoms with Crippen LogP contribution >= 0.6 is 0 Å². The Balaban J connectivity index is 2.08. The Bertz CT molecular complexity index is 660. The number of rotatable bonds is 2. The number of sulfonamides is 1. The van der Waals surface area contributed by atoms with Crippen LogP contribution in [0.4, 0.5) is 11.4 Å². The van der Waals surface area contributed by atoms with Crippen LogP contribution in [0.3, 0.4) is 0 Å². The molecule has 4 N–H and O–H groups in total. The fourth-order valence-corrected chi connectivity index (χ4v) is 4.34. The number of anilines is 2. The summed E-state index contributed by atoms with van der Waals surface area (Å²) in [5.41, 5.74) is 7.83. The molecule has 3 rings (SSSR count). The molecule has 0 bridgehead atoms. The van der Waals surface area contributed by atoms with E-state index in [0.717, 1.165) is 31.5 Å². The van der Waals surface area contributed by atoms with Crippen molar-refractivity contribution in [3.63, 3.8) is 0 Å². The fourth-order valence-electron chi connectivity index (χ4n) is 3.51. The Morgan fingerprint density at radius 2 is 2.10 bits per heavy atom. The summed E-state index contributed by atoms with van der Waals surface area (Å²) in [6, 6.07) is 3.57. The molecule has 0 amide bonds. The number of nitrogens with two attached hydrogens (primary N) is 2. The van der Waals surface area contributed by atoms with Crippen molar-refractivity contribution in [1.82, 2.24) is 0 Å². The lowest BCUT2D eigenvalue weighted by molar-refractivity contribution is 0.0256. The summed E-state index contributed by atoms with van der Waals surface area (Å²) in [7, 11) is -3.78. The van der Waals surface area contributed by atoms with Crippen LogP contribution < -0.4 is 15.8 Å². The van der Waals surface area contributed by atoms with Crippen LogP contribution in [0.5, 0.6) is 0 Å². The smallest absolute Gasteiger partial charge is 0.238 e. The topological polar surface area (TPSA) is 98.7 Å². The number of primary sulfonamides is 1. The second-order valence-corrected chi connectivity index (χ2v) is 7.34. The van der Waals surface area contributed by atoms with Crippen molar-refractivity contribution in [2.24, 2.45) is 5.14 Å². The zero-order chi connectivity index (χ0) is 15.2. The van der Waals surface area contributed by atoms with Crippen molar-refractivity contribution in [2.75, 3.05) is 23.8 Å². The van der Waals surface area contributed by atoms with Gasteiger partial charge in [-0.25, -0.2) is 13.6 Å². The highest BCUT2D eigenvalue weighted by Crippen LogP contribution is 2.37. The van der Waals surface area contributed by atoms with Crippen LogP contribution in [-0.4, -0.2) is 33.7 Å². The van der Waals surface area contributed by atoms with Crippen molar-refractivity contribution in [3.8, 4) is 0 Å². The predicted octanol–water partition coefficient (Wildman–Crippen LogP) is 0.982. The molecular weight excluding hydrogens is 290 g/mol. The van der Waals surface area contributed by atoms with Gasteiger partial charge in [0.05, 0.1) is 23.6 Å². The highest BCUT2D eigenvalue weighted by molar-refractivity contribution is 7.89. The average molecular weight is 311 g/mol. The summed E-state index contributed by atoms with van der Waals surface area (Å²) in [6.45, 7) is 3.18. The van der Waals surface area contributed by atoms with E-state index in [2.05, 4.69) is 4.90 Å². The molecule has 0 spiro atoms. The van der Waals surface area contributed by atoms with Gasteiger partial charge in [0.15, 0.2) is 0 Å². The molecule has 2 unspecified atom stereocenters. The van der Waals surface area contributed by atoms with Crippen molar-refractivity contribution >= 4 is 21.4 Å². The molecule has 1 heterocycles. The van der Waals surface area contributed by atoms with Gasteiger partial charge in [-0.05, 0) is 43.9 Å². The molecule has 1 saturated heterocycles. The second kappa shape index (κ2) is 5.15. The maximum Gasteiger partial charge on any atom is 0.238 e. The third-order valence-electron chi connectivity index (χ3n) is 4.45. The third-order valence-corrected chi connectivity index (χ3v) is 5.49. The van der Waals surface area contributed by atoms with Gasteiger partial charge < -0.3 is 15.4 Å². The van der Waals surface area contributed by atoms with Crippen LogP contribution in [-0.2, 0) is 14.8 Å². The van der Waals surface area contributed by atoms with Crippen LogP contribution in [0, 0.1) is 6.92 Å². The molecule has 1 aliphatic carbocycles. The molecule has 116 valence electrons. The van der Waals surface area contributed by atoms with Gasteiger partial charge in [0.25, 0.3) is 0 Å². The van der Waals surface area contributed by atoms with E-state index in [1.165, 1.54) is 6.07 Å². The van der Waals surface area contributed by atoms with Gasteiger partial charge >= 0.3 is 0 Å². The van der Waals surface area contributed by atoms with Crippen LogP contribution in [0.2, 0.25) is 0 Å². The molecule has 1 aromatic rings. The summed E-state index contributed by atoms with van der Waals surface area (Å²) >= 11 is 0. The molecule has 0 aromatic heterocycles. The van der Waals surface area contributed by atoms with E-state index in [9.17, 15) is 8.42 Å². The van der Waals surface area contributed by atoms with Gasteiger partial charge in [-0.2, -0.15) is 0 Å². The first kappa shape index (κ1) is 14.6. The minimum Gasteiger partial charge on any atom is -0.399 e. The minimum atomic E-state index is -3.78. The number of morpholine rings is 1. The Kier molecular flexibility index (Phi) is 3.59. The zero-order valence-electron chi connectivity index (χ0n) is 12.1. The molecule has 2 atom stereocenters. The average Bonchev–Trinajstić information content (AvgIpc) is 2.88. The van der Waals surface area contributed by atoms with E-state index >= 15 is 0 Å². The maximum absolute atomic E-state index is 11.7. The van der Waals surface area contributed by atoms with Gasteiger partial charge in [0, 0.05) is 17.9 Å². The van der Waals surface area contributed by atoms with Crippen molar-refractivity contribution < 1.29 is 13.2 Å². The van der Waals surface area contributed by atoms with E-state index < -0.39 is 10.0 Å². The highest BCUT2D eigenvalue weighted by Gasteiger charge is 2.37. The van der Waals surface area contributed by atoms with Gasteiger partial charge in [-0.3, -0.25) is 0 Å². The lowest BCUT2D eigenvalue weighted by Crippen LogP contribution is -2.49. The lowest BCUT2D eigenvalue weighted by atomic mass is 10.1. The van der Waals surface area contributed by atoms with Crippen molar-refractivity contribution in [2.45, 2.75) is 43.2 Å². The molecule has 0 radical (unpaired) electrons. The zero-order valence-corrected chi connectivity index (χ0v) is 12.9. The van der Waals surface area contributed by atoms with Gasteiger partial charge in [0.1, 0.15) is 0 Å². The number of fused-ring (bicyclic) bond motifs is 1. The first-order valence-corrected chi connectivity index (χ1v) is 8.74. The predicted molar refractivity (Wildman–Crippen MR) is 81.7 cm³/mol. The first-order chi connectivity index (χ1) is 9.88. The van der Waals surface area contributed by atoms with Gasteiger partial charge in [0.2, 0.25) is 10.0 Å². The van der Waals surface area contributed by atoms with Crippen LogP contribution in [0.15, 0.2) is 17.0 Å². The molecule has 7 heteroatoms. The number of nitrogens with zero attached hydrogens (tertiary/aromatic N) is 1. The summed E-state index contributed by atoms with van der Waals surface area (Å²) < 4.78 is 29.3. The number of nitrogen functional groups attached to an aromatic ring is 1.